The summed E-state index contributed by atoms with van der Waals surface area (Å²) in [5.74, 6) is -0.427. The van der Waals surface area contributed by atoms with Crippen LogP contribution in [0.4, 0.5) is 0 Å². The molecule has 0 unspecified atom stereocenters. The Hall–Kier alpha value is -1.25. The lowest BCUT2D eigenvalue weighted by Gasteiger charge is -2.26. The Morgan fingerprint density at radius 2 is 2.00 bits per heavy atom. The van der Waals surface area contributed by atoms with E-state index in [1.807, 2.05) is 24.5 Å². The Morgan fingerprint density at radius 3 is 2.38 bits per heavy atom. The topological polar surface area (TPSA) is 42.2 Å². The van der Waals surface area contributed by atoms with Crippen molar-refractivity contribution in [3.05, 3.63) is 24.5 Å². The molecule has 70 valence electrons. The molecular formula is C10H13NO2. The lowest BCUT2D eigenvalue weighted by Crippen LogP contribution is -2.40. The van der Waals surface area contributed by atoms with Gasteiger partial charge in [-0.05, 0) is 37.8 Å². The molecule has 1 aromatic rings. The molecule has 0 amide bonds. The molecule has 0 aromatic carbocycles. The van der Waals surface area contributed by atoms with Crippen LogP contribution in [0.3, 0.4) is 0 Å². The number of aromatic nitrogens is 1. The fourth-order valence-electron chi connectivity index (χ4n) is 1.79. The van der Waals surface area contributed by atoms with E-state index in [9.17, 15) is 9.90 Å². The Morgan fingerprint density at radius 1 is 1.46 bits per heavy atom. The molecule has 1 aliphatic carbocycles. The van der Waals surface area contributed by atoms with Gasteiger partial charge in [0.2, 0.25) is 0 Å². The Balaban J connectivity index is 2.38. The van der Waals surface area contributed by atoms with Gasteiger partial charge in [0.1, 0.15) is 5.54 Å². The summed E-state index contributed by atoms with van der Waals surface area (Å²) in [5.41, 5.74) is -0.733. The van der Waals surface area contributed by atoms with Crippen molar-refractivity contribution in [2.45, 2.75) is 25.3 Å². The maximum Gasteiger partial charge on any atom is 0.329 e. The molecule has 1 atom stereocenters. The van der Waals surface area contributed by atoms with Crippen molar-refractivity contribution >= 4 is 5.97 Å². The molecule has 3 heteroatoms. The third-order valence-corrected chi connectivity index (χ3v) is 2.95. The van der Waals surface area contributed by atoms with Gasteiger partial charge in [-0.3, -0.25) is 0 Å². The number of carbonyl (C=O) groups is 1. The van der Waals surface area contributed by atoms with Crippen LogP contribution in [-0.4, -0.2) is 15.6 Å². The third kappa shape index (κ3) is 1.15. The highest BCUT2D eigenvalue weighted by molar-refractivity contribution is 5.77. The van der Waals surface area contributed by atoms with Crippen LogP contribution >= 0.6 is 0 Å². The van der Waals surface area contributed by atoms with Crippen LogP contribution in [0.1, 0.15) is 19.8 Å². The second kappa shape index (κ2) is 2.62. The molecule has 1 aliphatic rings. The molecule has 1 aromatic heterocycles. The Bertz CT molecular complexity index is 314. The van der Waals surface area contributed by atoms with E-state index in [4.69, 9.17) is 0 Å². The molecule has 1 heterocycles. The molecule has 1 saturated carbocycles. The van der Waals surface area contributed by atoms with Crippen molar-refractivity contribution in [1.29, 1.82) is 0 Å². The van der Waals surface area contributed by atoms with Crippen molar-refractivity contribution in [2.24, 2.45) is 5.92 Å². The number of carboxylic acids is 1. The van der Waals surface area contributed by atoms with E-state index in [2.05, 4.69) is 0 Å². The van der Waals surface area contributed by atoms with E-state index in [-0.39, 0.29) is 0 Å². The monoisotopic (exact) mass is 179 g/mol. The van der Waals surface area contributed by atoms with Gasteiger partial charge in [-0.2, -0.15) is 0 Å². The summed E-state index contributed by atoms with van der Waals surface area (Å²) in [6, 6.07) is 3.73. The van der Waals surface area contributed by atoms with Crippen LogP contribution in [0.15, 0.2) is 24.5 Å². The van der Waals surface area contributed by atoms with E-state index in [1.165, 1.54) is 0 Å². The van der Waals surface area contributed by atoms with Crippen LogP contribution in [0.5, 0.6) is 0 Å². The average molecular weight is 179 g/mol. The van der Waals surface area contributed by atoms with Gasteiger partial charge in [0.25, 0.3) is 0 Å². The molecule has 0 saturated heterocycles. The number of hydrogen-bond donors (Lipinski definition) is 1. The summed E-state index contributed by atoms with van der Waals surface area (Å²) in [4.78, 5) is 11.2. The summed E-state index contributed by atoms with van der Waals surface area (Å²) in [6.45, 7) is 1.80. The highest BCUT2D eigenvalue weighted by Gasteiger charge is 2.48. The number of hydrogen-bond acceptors (Lipinski definition) is 1. The second-order valence-corrected chi connectivity index (χ2v) is 3.82. The zero-order chi connectivity index (χ0) is 9.47. The molecule has 13 heavy (non-hydrogen) atoms. The summed E-state index contributed by atoms with van der Waals surface area (Å²) in [7, 11) is 0. The minimum atomic E-state index is -0.733. The van der Waals surface area contributed by atoms with Gasteiger partial charge >= 0.3 is 5.97 Å². The smallest absolute Gasteiger partial charge is 0.329 e. The predicted molar refractivity (Wildman–Crippen MR) is 48.4 cm³/mol. The summed E-state index contributed by atoms with van der Waals surface area (Å²) in [5, 5.41) is 9.19. The maximum atomic E-state index is 11.2. The van der Waals surface area contributed by atoms with Crippen molar-refractivity contribution in [3.8, 4) is 0 Å². The first kappa shape index (κ1) is 8.35. The first-order chi connectivity index (χ1) is 6.15. The quantitative estimate of drug-likeness (QED) is 0.767. The number of carboxylic acid groups (broad SMARTS) is 1. The summed E-state index contributed by atoms with van der Waals surface area (Å²) >= 11 is 0. The molecule has 0 radical (unpaired) electrons. The van der Waals surface area contributed by atoms with Crippen molar-refractivity contribution in [3.63, 3.8) is 0 Å². The first-order valence-corrected chi connectivity index (χ1v) is 4.52. The third-order valence-electron chi connectivity index (χ3n) is 2.95. The van der Waals surface area contributed by atoms with Gasteiger partial charge < -0.3 is 9.67 Å². The minimum absolute atomic E-state index is 0.303. The van der Waals surface area contributed by atoms with Crippen LogP contribution in [0.25, 0.3) is 0 Å². The standard InChI is InChI=1S/C10H13NO2/c1-10(9(12)13,8-4-5-8)11-6-2-3-7-11/h2-3,6-8H,4-5H2,1H3,(H,12,13)/t10-/m0/s1. The van der Waals surface area contributed by atoms with Gasteiger partial charge in [0.05, 0.1) is 0 Å². The van der Waals surface area contributed by atoms with Crippen LogP contribution in [-0.2, 0) is 10.3 Å². The highest BCUT2D eigenvalue weighted by Crippen LogP contribution is 2.44. The molecular weight excluding hydrogens is 166 g/mol. The molecule has 3 nitrogen and oxygen atoms in total. The lowest BCUT2D eigenvalue weighted by atomic mass is 9.96. The lowest BCUT2D eigenvalue weighted by molar-refractivity contribution is -0.147. The minimum Gasteiger partial charge on any atom is -0.479 e. The van der Waals surface area contributed by atoms with Gasteiger partial charge in [-0.25, -0.2) is 4.79 Å². The molecule has 0 bridgehead atoms. The van der Waals surface area contributed by atoms with Crippen LogP contribution < -0.4 is 0 Å². The fraction of sp³-hybridized carbons (Fsp3) is 0.500. The van der Waals surface area contributed by atoms with Gasteiger partial charge in [-0.1, -0.05) is 0 Å². The van der Waals surface area contributed by atoms with Crippen LogP contribution in [0, 0.1) is 5.92 Å². The average Bonchev–Trinajstić information content (AvgIpc) is 2.80. The van der Waals surface area contributed by atoms with Gasteiger partial charge in [0.15, 0.2) is 0 Å². The van der Waals surface area contributed by atoms with Crippen molar-refractivity contribution in [1.82, 2.24) is 4.57 Å². The largest absolute Gasteiger partial charge is 0.479 e. The van der Waals surface area contributed by atoms with Crippen molar-refractivity contribution < 1.29 is 9.90 Å². The highest BCUT2D eigenvalue weighted by atomic mass is 16.4. The molecule has 2 rings (SSSR count). The van der Waals surface area contributed by atoms with E-state index in [1.54, 1.807) is 11.5 Å². The second-order valence-electron chi connectivity index (χ2n) is 3.82. The zero-order valence-electron chi connectivity index (χ0n) is 7.60. The van der Waals surface area contributed by atoms with Gasteiger partial charge in [0, 0.05) is 12.4 Å². The molecule has 0 spiro atoms. The van der Waals surface area contributed by atoms with Gasteiger partial charge in [-0.15, -0.1) is 0 Å². The number of aliphatic carboxylic acids is 1. The molecule has 1 N–H and O–H groups in total. The molecule has 0 aliphatic heterocycles. The van der Waals surface area contributed by atoms with E-state index in [0.29, 0.717) is 5.92 Å². The number of rotatable bonds is 3. The van der Waals surface area contributed by atoms with E-state index < -0.39 is 11.5 Å². The number of nitrogens with zero attached hydrogens (tertiary/aromatic N) is 1. The Kier molecular flexibility index (Phi) is 1.68. The first-order valence-electron chi connectivity index (χ1n) is 4.52. The molecule has 1 fully saturated rings. The summed E-state index contributed by atoms with van der Waals surface area (Å²) in [6.07, 6.45) is 5.71. The Labute approximate surface area is 77.0 Å². The fourth-order valence-corrected chi connectivity index (χ4v) is 1.79. The summed E-state index contributed by atoms with van der Waals surface area (Å²) < 4.78 is 1.80. The van der Waals surface area contributed by atoms with Crippen molar-refractivity contribution in [2.75, 3.05) is 0 Å². The normalized spacial score (nSPS) is 21.0. The SMILES string of the molecule is C[C@@](C(=O)O)(C1CC1)n1cccc1. The maximum absolute atomic E-state index is 11.2. The predicted octanol–water partition coefficient (Wildman–Crippen LogP) is 1.70. The van der Waals surface area contributed by atoms with Crippen LogP contribution in [0.2, 0.25) is 0 Å². The van der Waals surface area contributed by atoms with E-state index >= 15 is 0 Å². The van der Waals surface area contributed by atoms with E-state index in [0.717, 1.165) is 12.8 Å². The zero-order valence-corrected chi connectivity index (χ0v) is 7.60.